The van der Waals surface area contributed by atoms with Crippen molar-refractivity contribution in [2.45, 2.75) is 110 Å². The van der Waals surface area contributed by atoms with Crippen LogP contribution in [0.3, 0.4) is 0 Å². The van der Waals surface area contributed by atoms with Gasteiger partial charge >= 0.3 is 29.6 Å². The van der Waals surface area contributed by atoms with Gasteiger partial charge in [-0.15, -0.1) is 0 Å². The molecule has 0 aromatic heterocycles. The van der Waals surface area contributed by atoms with E-state index in [4.69, 9.17) is 4.18 Å². The summed E-state index contributed by atoms with van der Waals surface area (Å²) >= 11 is 0. The molecular weight excluding hydrogens is 331 g/mol. The van der Waals surface area contributed by atoms with Gasteiger partial charge in [-0.05, 0) is 6.42 Å². The Hall–Kier alpha value is 0.910. The molecule has 142 valence electrons. The van der Waals surface area contributed by atoms with Gasteiger partial charge in [-0.1, -0.05) is 103 Å². The van der Waals surface area contributed by atoms with Crippen LogP contribution < -0.4 is 29.6 Å². The van der Waals surface area contributed by atoms with Crippen molar-refractivity contribution in [3.8, 4) is 0 Å². The standard InChI is InChI=1S/C19H40O3S.Na.H/c1-3-4-5-6-7-8-9-10-11-12-13-14-15-16-17-18-19-22-23(2,20)21;;/h3-19H2,1-2H3;;/q;+1;-1. The zero-order valence-electron chi connectivity index (χ0n) is 17.7. The van der Waals surface area contributed by atoms with Gasteiger partial charge in [-0.3, -0.25) is 4.18 Å². The minimum Gasteiger partial charge on any atom is -1.00 e. The predicted octanol–water partition coefficient (Wildman–Crippen LogP) is 3.34. The maximum Gasteiger partial charge on any atom is 1.00 e. The molecule has 0 aliphatic rings. The van der Waals surface area contributed by atoms with Gasteiger partial charge in [0.15, 0.2) is 0 Å². The molecule has 0 fully saturated rings. The first kappa shape index (κ1) is 27.1. The van der Waals surface area contributed by atoms with Gasteiger partial charge in [-0.2, -0.15) is 8.42 Å². The normalized spacial score (nSPS) is 11.4. The van der Waals surface area contributed by atoms with Gasteiger partial charge in [0.2, 0.25) is 0 Å². The molecule has 0 atom stereocenters. The Kier molecular flexibility index (Phi) is 22.9. The quantitative estimate of drug-likeness (QED) is 0.211. The molecule has 0 heterocycles. The first-order valence-electron chi connectivity index (χ1n) is 9.90. The van der Waals surface area contributed by atoms with E-state index in [0.717, 1.165) is 19.1 Å². The van der Waals surface area contributed by atoms with Crippen molar-refractivity contribution in [1.29, 1.82) is 0 Å². The van der Waals surface area contributed by atoms with Gasteiger partial charge < -0.3 is 1.43 Å². The molecular formula is C19H41NaO3S. The van der Waals surface area contributed by atoms with Crippen LogP contribution in [0.2, 0.25) is 0 Å². The van der Waals surface area contributed by atoms with E-state index >= 15 is 0 Å². The minimum absolute atomic E-state index is 0. The van der Waals surface area contributed by atoms with E-state index in [2.05, 4.69) is 6.92 Å². The van der Waals surface area contributed by atoms with E-state index in [1.807, 2.05) is 0 Å². The predicted molar refractivity (Wildman–Crippen MR) is 101 cm³/mol. The fraction of sp³-hybridized carbons (Fsp3) is 1.00. The van der Waals surface area contributed by atoms with Crippen molar-refractivity contribution < 1.29 is 43.6 Å². The number of hydrogen-bond donors (Lipinski definition) is 0. The van der Waals surface area contributed by atoms with Gasteiger partial charge in [0, 0.05) is 0 Å². The third-order valence-electron chi connectivity index (χ3n) is 4.30. The largest absolute Gasteiger partial charge is 1.00 e. The molecule has 0 aliphatic carbocycles. The molecule has 0 saturated carbocycles. The van der Waals surface area contributed by atoms with E-state index in [1.165, 1.54) is 89.9 Å². The average Bonchev–Trinajstić information content (AvgIpc) is 2.49. The molecule has 0 spiro atoms. The number of rotatable bonds is 18. The summed E-state index contributed by atoms with van der Waals surface area (Å²) < 4.78 is 26.3. The number of unbranched alkanes of at least 4 members (excludes halogenated alkanes) is 15. The van der Waals surface area contributed by atoms with Gasteiger partial charge in [-0.25, -0.2) is 0 Å². The maximum atomic E-state index is 10.8. The summed E-state index contributed by atoms with van der Waals surface area (Å²) in [6.45, 7) is 2.62. The molecule has 0 bridgehead atoms. The molecule has 0 aliphatic heterocycles. The van der Waals surface area contributed by atoms with E-state index in [9.17, 15) is 8.42 Å². The summed E-state index contributed by atoms with van der Waals surface area (Å²) in [6, 6.07) is 0. The zero-order valence-corrected chi connectivity index (χ0v) is 19.5. The van der Waals surface area contributed by atoms with Crippen LogP contribution >= 0.6 is 0 Å². The van der Waals surface area contributed by atoms with Crippen LogP contribution in [0.25, 0.3) is 0 Å². The van der Waals surface area contributed by atoms with Gasteiger partial charge in [0.1, 0.15) is 0 Å². The van der Waals surface area contributed by atoms with Gasteiger partial charge in [0.05, 0.1) is 12.9 Å². The molecule has 5 heteroatoms. The Morgan fingerprint density at radius 2 is 0.917 bits per heavy atom. The molecule has 0 saturated heterocycles. The summed E-state index contributed by atoms with van der Waals surface area (Å²) in [7, 11) is -3.24. The molecule has 0 unspecified atom stereocenters. The molecule has 0 N–H and O–H groups in total. The second-order valence-electron chi connectivity index (χ2n) is 6.83. The average molecular weight is 373 g/mol. The zero-order chi connectivity index (χ0) is 17.2. The van der Waals surface area contributed by atoms with Crippen molar-refractivity contribution >= 4 is 10.1 Å². The first-order chi connectivity index (χ1) is 11.1. The summed E-state index contributed by atoms with van der Waals surface area (Å²) in [5.74, 6) is 0. The Bertz CT molecular complexity index is 338. The van der Waals surface area contributed by atoms with Crippen molar-refractivity contribution in [2.24, 2.45) is 0 Å². The summed E-state index contributed by atoms with van der Waals surface area (Å²) in [5, 5.41) is 0. The van der Waals surface area contributed by atoms with Crippen LogP contribution in [-0.2, 0) is 14.3 Å². The SMILES string of the molecule is CCCCCCCCCCCCCCCCCCOS(C)(=O)=O.[H-].[Na+]. The maximum absolute atomic E-state index is 10.8. The summed E-state index contributed by atoms with van der Waals surface area (Å²) in [5.41, 5.74) is 0. The summed E-state index contributed by atoms with van der Waals surface area (Å²) in [4.78, 5) is 0. The van der Waals surface area contributed by atoms with Crippen LogP contribution in [0, 0.1) is 0 Å². The third kappa shape index (κ3) is 25.2. The first-order valence-corrected chi connectivity index (χ1v) is 11.7. The van der Waals surface area contributed by atoms with E-state index in [1.54, 1.807) is 0 Å². The molecule has 3 nitrogen and oxygen atoms in total. The van der Waals surface area contributed by atoms with E-state index < -0.39 is 10.1 Å². The van der Waals surface area contributed by atoms with Crippen LogP contribution in [0.5, 0.6) is 0 Å². The molecule has 0 radical (unpaired) electrons. The van der Waals surface area contributed by atoms with Crippen LogP contribution in [-0.4, -0.2) is 21.3 Å². The second kappa shape index (κ2) is 20.2. The molecule has 0 aromatic carbocycles. The smallest absolute Gasteiger partial charge is 1.00 e. The minimum atomic E-state index is -3.24. The van der Waals surface area contributed by atoms with Gasteiger partial charge in [0.25, 0.3) is 10.1 Å². The molecule has 0 rings (SSSR count). The van der Waals surface area contributed by atoms with Crippen molar-refractivity contribution in [3.05, 3.63) is 0 Å². The fourth-order valence-corrected chi connectivity index (χ4v) is 3.28. The second-order valence-corrected chi connectivity index (χ2v) is 8.47. The van der Waals surface area contributed by atoms with Crippen molar-refractivity contribution in [1.82, 2.24) is 0 Å². The molecule has 0 amide bonds. The fourth-order valence-electron chi connectivity index (χ4n) is 2.86. The molecule has 0 aromatic rings. The Labute approximate surface area is 175 Å². The Morgan fingerprint density at radius 3 is 1.21 bits per heavy atom. The van der Waals surface area contributed by atoms with Crippen LogP contribution in [0.1, 0.15) is 111 Å². The summed E-state index contributed by atoms with van der Waals surface area (Å²) in [6.07, 6.45) is 22.3. The third-order valence-corrected chi connectivity index (χ3v) is 4.89. The van der Waals surface area contributed by atoms with E-state index in [0.29, 0.717) is 6.61 Å². The van der Waals surface area contributed by atoms with Crippen LogP contribution in [0.15, 0.2) is 0 Å². The Morgan fingerprint density at radius 1 is 0.625 bits per heavy atom. The van der Waals surface area contributed by atoms with Crippen molar-refractivity contribution in [2.75, 3.05) is 12.9 Å². The molecule has 24 heavy (non-hydrogen) atoms. The topological polar surface area (TPSA) is 43.4 Å². The Balaban J connectivity index is -0.00000242. The van der Waals surface area contributed by atoms with E-state index in [-0.39, 0.29) is 31.0 Å². The van der Waals surface area contributed by atoms with Crippen molar-refractivity contribution in [3.63, 3.8) is 0 Å². The van der Waals surface area contributed by atoms with Crippen LogP contribution in [0.4, 0.5) is 0 Å². The monoisotopic (exact) mass is 372 g/mol. The number of hydrogen-bond acceptors (Lipinski definition) is 3.